The van der Waals surface area contributed by atoms with Crippen molar-refractivity contribution in [2.45, 2.75) is 112 Å². The molecule has 0 unspecified atom stereocenters. The summed E-state index contributed by atoms with van der Waals surface area (Å²) in [5.41, 5.74) is -2.05. The molecule has 9 atom stereocenters. The third-order valence-electron chi connectivity index (χ3n) is 8.90. The van der Waals surface area contributed by atoms with Crippen LogP contribution in [0.15, 0.2) is 54.1 Å². The average Bonchev–Trinajstić information content (AvgIpc) is 3.23. The number of carbonyl (C=O) groups is 6. The molecule has 3 rings (SSSR count). The van der Waals surface area contributed by atoms with Crippen molar-refractivity contribution in [3.63, 3.8) is 0 Å². The maximum absolute atomic E-state index is 13.5. The Morgan fingerprint density at radius 1 is 0.694 bits per heavy atom. The standard InChI is InChI=1S/C37H48O12/c1-20-16-17-36(9,10)34(47-26(7)41)32(45-24(5)39)31(44-23(4)38)21(2)18-29-30(48-35(43)28-14-12-11-13-15-28)22(3)19-37(29,49-27(8)42)33(20)46-25(6)40/h11-18,20,22,29-34H,19H2,1-10H3/b17-16-,21-18+/t20-,22+,29-,30-,31-,32-,33-,34+,37+/m0/s1. The molecule has 0 amide bonds. The van der Waals surface area contributed by atoms with Gasteiger partial charge in [0.25, 0.3) is 0 Å². The lowest BCUT2D eigenvalue weighted by Crippen LogP contribution is -2.56. The second kappa shape index (κ2) is 15.8. The van der Waals surface area contributed by atoms with E-state index in [1.807, 2.05) is 6.92 Å². The van der Waals surface area contributed by atoms with Crippen LogP contribution < -0.4 is 0 Å². The number of ether oxygens (including phenoxy) is 6. The van der Waals surface area contributed by atoms with Gasteiger partial charge in [0.1, 0.15) is 12.2 Å². The van der Waals surface area contributed by atoms with Crippen LogP contribution >= 0.6 is 0 Å². The number of carbonyl (C=O) groups excluding carboxylic acids is 6. The largest absolute Gasteiger partial charge is 0.458 e. The molecule has 0 aliphatic heterocycles. The second-order valence-electron chi connectivity index (χ2n) is 13.6. The van der Waals surface area contributed by atoms with Crippen molar-refractivity contribution in [1.29, 1.82) is 0 Å². The highest BCUT2D eigenvalue weighted by atomic mass is 16.6. The summed E-state index contributed by atoms with van der Waals surface area (Å²) < 4.78 is 35.8. The van der Waals surface area contributed by atoms with Gasteiger partial charge in [0.05, 0.1) is 11.5 Å². The molecule has 0 aromatic heterocycles. The van der Waals surface area contributed by atoms with E-state index in [1.165, 1.54) is 34.6 Å². The zero-order chi connectivity index (χ0) is 36.8. The summed E-state index contributed by atoms with van der Waals surface area (Å²) >= 11 is 0. The molecule has 2 aliphatic carbocycles. The molecule has 1 aromatic rings. The summed E-state index contributed by atoms with van der Waals surface area (Å²) in [6.07, 6.45) is -0.641. The van der Waals surface area contributed by atoms with Crippen molar-refractivity contribution in [1.82, 2.24) is 0 Å². The van der Waals surface area contributed by atoms with Gasteiger partial charge in [-0.15, -0.1) is 0 Å². The van der Waals surface area contributed by atoms with Crippen LogP contribution in [0.3, 0.4) is 0 Å². The van der Waals surface area contributed by atoms with Gasteiger partial charge in [-0.25, -0.2) is 4.79 Å². The van der Waals surface area contributed by atoms with Gasteiger partial charge in [0, 0.05) is 46.0 Å². The topological polar surface area (TPSA) is 158 Å². The van der Waals surface area contributed by atoms with Crippen LogP contribution in [0.4, 0.5) is 0 Å². The van der Waals surface area contributed by atoms with E-state index in [9.17, 15) is 28.8 Å². The normalized spacial score (nSPS) is 32.7. The number of fused-ring (bicyclic) bond motifs is 1. The predicted molar refractivity (Wildman–Crippen MR) is 175 cm³/mol. The molecule has 268 valence electrons. The van der Waals surface area contributed by atoms with E-state index in [1.54, 1.807) is 76.3 Å². The minimum absolute atomic E-state index is 0.120. The van der Waals surface area contributed by atoms with Gasteiger partial charge in [0.15, 0.2) is 23.9 Å². The van der Waals surface area contributed by atoms with Crippen LogP contribution in [0.2, 0.25) is 0 Å². The highest BCUT2D eigenvalue weighted by molar-refractivity contribution is 5.89. The van der Waals surface area contributed by atoms with Crippen molar-refractivity contribution in [3.8, 4) is 0 Å². The first-order chi connectivity index (χ1) is 22.8. The lowest BCUT2D eigenvalue weighted by Gasteiger charge is -2.44. The molecule has 0 N–H and O–H groups in total. The molecule has 1 fully saturated rings. The monoisotopic (exact) mass is 684 g/mol. The molecule has 1 aromatic carbocycles. The van der Waals surface area contributed by atoms with E-state index in [4.69, 9.17) is 28.4 Å². The molecule has 2 aliphatic rings. The van der Waals surface area contributed by atoms with Gasteiger partial charge >= 0.3 is 35.8 Å². The Morgan fingerprint density at radius 2 is 1.24 bits per heavy atom. The maximum Gasteiger partial charge on any atom is 0.338 e. The molecular weight excluding hydrogens is 636 g/mol. The molecule has 0 radical (unpaired) electrons. The van der Waals surface area contributed by atoms with E-state index in [-0.39, 0.29) is 6.42 Å². The Morgan fingerprint density at radius 3 is 1.78 bits per heavy atom. The second-order valence-corrected chi connectivity index (χ2v) is 13.6. The fourth-order valence-electron chi connectivity index (χ4n) is 7.02. The molecule has 0 saturated heterocycles. The summed E-state index contributed by atoms with van der Waals surface area (Å²) in [6.45, 7) is 14.8. The third-order valence-corrected chi connectivity index (χ3v) is 8.90. The van der Waals surface area contributed by atoms with Crippen LogP contribution in [0, 0.1) is 23.2 Å². The minimum atomic E-state index is -1.58. The first-order valence-electron chi connectivity index (χ1n) is 16.3. The molecular formula is C37H48O12. The van der Waals surface area contributed by atoms with E-state index in [0.717, 1.165) is 0 Å². The quantitative estimate of drug-likeness (QED) is 0.214. The molecule has 0 spiro atoms. The van der Waals surface area contributed by atoms with Gasteiger partial charge in [-0.2, -0.15) is 0 Å². The van der Waals surface area contributed by atoms with Crippen molar-refractivity contribution in [3.05, 3.63) is 59.7 Å². The Kier molecular flexibility index (Phi) is 12.6. The van der Waals surface area contributed by atoms with E-state index >= 15 is 0 Å². The summed E-state index contributed by atoms with van der Waals surface area (Å²) in [5.74, 6) is -6.08. The Hall–Kier alpha value is -4.48. The first kappa shape index (κ1) is 39.0. The van der Waals surface area contributed by atoms with Crippen LogP contribution in [0.5, 0.6) is 0 Å². The summed E-state index contributed by atoms with van der Waals surface area (Å²) in [6, 6.07) is 8.37. The number of esters is 6. The Balaban J connectivity index is 2.43. The van der Waals surface area contributed by atoms with Crippen molar-refractivity contribution in [2.75, 3.05) is 0 Å². The highest BCUT2D eigenvalue weighted by Gasteiger charge is 2.62. The number of benzene rings is 1. The smallest absolute Gasteiger partial charge is 0.338 e. The van der Waals surface area contributed by atoms with Crippen LogP contribution in [-0.4, -0.2) is 71.9 Å². The molecule has 1 saturated carbocycles. The molecule has 12 heteroatoms. The van der Waals surface area contributed by atoms with Crippen LogP contribution in [0.1, 0.15) is 86.0 Å². The Bertz CT molecular complexity index is 1480. The van der Waals surface area contributed by atoms with Gasteiger partial charge in [-0.1, -0.05) is 64.1 Å². The number of hydrogen-bond acceptors (Lipinski definition) is 12. The summed E-state index contributed by atoms with van der Waals surface area (Å²) in [7, 11) is 0. The summed E-state index contributed by atoms with van der Waals surface area (Å²) in [4.78, 5) is 76.8. The van der Waals surface area contributed by atoms with Crippen molar-refractivity contribution in [2.24, 2.45) is 23.2 Å². The van der Waals surface area contributed by atoms with Gasteiger partial charge in [-0.05, 0) is 37.0 Å². The van der Waals surface area contributed by atoms with Gasteiger partial charge < -0.3 is 28.4 Å². The highest BCUT2D eigenvalue weighted by Crippen LogP contribution is 2.51. The molecule has 0 heterocycles. The fraction of sp³-hybridized carbons (Fsp3) is 0.568. The lowest BCUT2D eigenvalue weighted by molar-refractivity contribution is -0.196. The third kappa shape index (κ3) is 9.36. The SMILES string of the molecule is CC(=O)O[C@@H]1[C@@H](OC(C)=O)C(C)(C)/C=C\[C@H](C)[C@H](OC(C)=O)[C@@]2(OC(C)=O)C[C@@H](C)[C@H](OC(=O)c3ccccc3)[C@@H]2/C=C(\C)[C@@H]1OC(C)=O. The average molecular weight is 685 g/mol. The molecule has 0 bridgehead atoms. The van der Waals surface area contributed by atoms with Gasteiger partial charge in [-0.3, -0.25) is 24.0 Å². The first-order valence-corrected chi connectivity index (χ1v) is 16.3. The van der Waals surface area contributed by atoms with Gasteiger partial charge in [0.2, 0.25) is 0 Å². The minimum Gasteiger partial charge on any atom is -0.458 e. The molecule has 49 heavy (non-hydrogen) atoms. The van der Waals surface area contributed by atoms with Crippen LogP contribution in [0.25, 0.3) is 0 Å². The lowest BCUT2D eigenvalue weighted by atomic mass is 9.74. The maximum atomic E-state index is 13.5. The van der Waals surface area contributed by atoms with Crippen molar-refractivity contribution >= 4 is 35.8 Å². The molecule has 12 nitrogen and oxygen atoms in total. The van der Waals surface area contributed by atoms with E-state index < -0.39 is 95.1 Å². The number of hydrogen-bond donors (Lipinski definition) is 0. The van der Waals surface area contributed by atoms with Crippen molar-refractivity contribution < 1.29 is 57.2 Å². The van der Waals surface area contributed by atoms with Crippen LogP contribution in [-0.2, 0) is 52.4 Å². The number of rotatable bonds is 7. The predicted octanol–water partition coefficient (Wildman–Crippen LogP) is 5.08. The zero-order valence-corrected chi connectivity index (χ0v) is 29.8. The summed E-state index contributed by atoms with van der Waals surface area (Å²) in [5, 5.41) is 0. The van der Waals surface area contributed by atoms with E-state index in [2.05, 4.69) is 0 Å². The fourth-order valence-corrected chi connectivity index (χ4v) is 7.02. The zero-order valence-electron chi connectivity index (χ0n) is 29.8. The Labute approximate surface area is 287 Å². The van der Waals surface area contributed by atoms with E-state index in [0.29, 0.717) is 11.1 Å².